The number of ether oxygens (including phenoxy) is 1. The predicted octanol–water partition coefficient (Wildman–Crippen LogP) is 5.93. The summed E-state index contributed by atoms with van der Waals surface area (Å²) < 4.78 is 6.49. The molecule has 0 bridgehead atoms. The number of halogens is 2. The van der Waals surface area contributed by atoms with E-state index in [4.69, 9.17) is 40.2 Å². The first-order valence-electron chi connectivity index (χ1n) is 10.0. The first kappa shape index (κ1) is 23.0. The van der Waals surface area contributed by atoms with Gasteiger partial charge in [0.1, 0.15) is 22.5 Å². The fraction of sp³-hybridized carbons (Fsp3) is 0.217. The van der Waals surface area contributed by atoms with Gasteiger partial charge in [0.25, 0.3) is 5.91 Å². The van der Waals surface area contributed by atoms with Gasteiger partial charge >= 0.3 is 0 Å². The second-order valence-electron chi connectivity index (χ2n) is 7.10. The highest BCUT2D eigenvalue weighted by Crippen LogP contribution is 2.45. The highest BCUT2D eigenvalue weighted by atomic mass is 35.5. The topological polar surface area (TPSA) is 36.0 Å². The normalized spacial score (nSPS) is 18.3. The van der Waals surface area contributed by atoms with Gasteiger partial charge in [-0.3, -0.25) is 9.69 Å². The molecule has 2 aliphatic rings. The Labute approximate surface area is 207 Å². The molecule has 2 aromatic rings. The summed E-state index contributed by atoms with van der Waals surface area (Å²) in [4.78, 5) is 18.9. The minimum absolute atomic E-state index is 0.0671. The molecule has 166 valence electrons. The summed E-state index contributed by atoms with van der Waals surface area (Å²) in [5.41, 5.74) is 1.86. The molecule has 4 rings (SSSR count). The van der Waals surface area contributed by atoms with E-state index in [-0.39, 0.29) is 5.91 Å². The number of fused-ring (bicyclic) bond motifs is 1. The van der Waals surface area contributed by atoms with Crippen molar-refractivity contribution < 1.29 is 9.53 Å². The van der Waals surface area contributed by atoms with Gasteiger partial charge in [0.15, 0.2) is 0 Å². The van der Waals surface area contributed by atoms with Crippen LogP contribution >= 0.6 is 47.2 Å². The lowest BCUT2D eigenvalue weighted by Crippen LogP contribution is -2.29. The average Bonchev–Trinajstić information content (AvgIpc) is 3.20. The number of thioether (sulfide) groups is 1. The minimum atomic E-state index is -0.0671. The van der Waals surface area contributed by atoms with Crippen molar-refractivity contribution in [2.24, 2.45) is 0 Å². The first-order valence-corrected chi connectivity index (χ1v) is 12.0. The number of nitrogens with zero attached hydrogens (tertiary/aromatic N) is 3. The van der Waals surface area contributed by atoms with Crippen molar-refractivity contribution in [3.8, 4) is 5.75 Å². The van der Waals surface area contributed by atoms with E-state index in [1.165, 1.54) is 11.8 Å². The van der Waals surface area contributed by atoms with Crippen LogP contribution in [0.15, 0.2) is 65.3 Å². The molecule has 0 atom stereocenters. The molecule has 0 aliphatic carbocycles. The van der Waals surface area contributed by atoms with Crippen LogP contribution in [-0.4, -0.2) is 41.9 Å². The Kier molecular flexibility index (Phi) is 7.00. The highest BCUT2D eigenvalue weighted by Gasteiger charge is 2.32. The molecule has 1 fully saturated rings. The molecule has 2 heterocycles. The summed E-state index contributed by atoms with van der Waals surface area (Å²) in [7, 11) is 1.96. The average molecular weight is 506 g/mol. The third-order valence-electron chi connectivity index (χ3n) is 5.19. The number of para-hydroxylation sites is 1. The van der Waals surface area contributed by atoms with E-state index in [0.717, 1.165) is 22.9 Å². The van der Waals surface area contributed by atoms with Crippen molar-refractivity contribution >= 4 is 68.8 Å². The molecule has 0 radical (unpaired) electrons. The number of allylic oxidation sites excluding steroid dienone is 2. The molecule has 0 unspecified atom stereocenters. The number of likely N-dealkylation sites (N-methyl/N-ethyl adjacent to an activating group) is 1. The van der Waals surface area contributed by atoms with E-state index in [2.05, 4.69) is 4.90 Å². The van der Waals surface area contributed by atoms with Crippen LogP contribution in [0, 0.1) is 0 Å². The van der Waals surface area contributed by atoms with E-state index < -0.39 is 0 Å². The second kappa shape index (κ2) is 9.75. The quantitative estimate of drug-likeness (QED) is 0.357. The van der Waals surface area contributed by atoms with Crippen LogP contribution < -0.4 is 14.5 Å². The van der Waals surface area contributed by atoms with Gasteiger partial charge in [-0.15, -0.1) is 0 Å². The zero-order valence-electron chi connectivity index (χ0n) is 17.5. The summed E-state index contributed by atoms with van der Waals surface area (Å²) in [6, 6.07) is 13.4. The van der Waals surface area contributed by atoms with Gasteiger partial charge in [0, 0.05) is 13.6 Å². The first-order chi connectivity index (χ1) is 15.4. The number of amides is 1. The molecule has 2 aromatic carbocycles. The van der Waals surface area contributed by atoms with Gasteiger partial charge < -0.3 is 14.5 Å². The molecule has 2 aliphatic heterocycles. The number of carbonyl (C=O) groups is 1. The van der Waals surface area contributed by atoms with Crippen molar-refractivity contribution in [3.05, 3.63) is 75.4 Å². The largest absolute Gasteiger partial charge is 0.492 e. The van der Waals surface area contributed by atoms with Crippen molar-refractivity contribution in [3.63, 3.8) is 0 Å². The molecule has 1 saturated heterocycles. The molecule has 0 spiro atoms. The Morgan fingerprint density at radius 3 is 2.41 bits per heavy atom. The molecule has 1 amide bonds. The van der Waals surface area contributed by atoms with Gasteiger partial charge in [-0.1, -0.05) is 65.4 Å². The summed E-state index contributed by atoms with van der Waals surface area (Å²) in [5.74, 6) is 1.63. The van der Waals surface area contributed by atoms with Gasteiger partial charge in [-0.05, 0) is 43.3 Å². The van der Waals surface area contributed by atoms with E-state index in [1.807, 2.05) is 73.5 Å². The SMILES string of the molecule is CCN1C(=O)/C(=C/C=C2/N(C)c3cc(Cl)c(Cl)cc3N2CCOc2ccccc2)SC1=S. The predicted molar refractivity (Wildman–Crippen MR) is 138 cm³/mol. The van der Waals surface area contributed by atoms with Crippen LogP contribution in [0.4, 0.5) is 11.4 Å². The Morgan fingerprint density at radius 1 is 1.06 bits per heavy atom. The molecule has 0 saturated carbocycles. The second-order valence-corrected chi connectivity index (χ2v) is 9.59. The van der Waals surface area contributed by atoms with Crippen molar-refractivity contribution in [1.29, 1.82) is 0 Å². The van der Waals surface area contributed by atoms with Crippen molar-refractivity contribution in [2.45, 2.75) is 6.92 Å². The Balaban J connectivity index is 1.63. The minimum Gasteiger partial charge on any atom is -0.492 e. The van der Waals surface area contributed by atoms with E-state index in [1.54, 1.807) is 4.90 Å². The standard InChI is InChI=1S/C23H21Cl2N3O2S2/c1-3-27-22(29)20(32-23(27)31)9-10-21-26(2)18-13-16(24)17(25)14-19(18)28(21)11-12-30-15-7-5-4-6-8-15/h4-10,13-14H,3,11-12H2,1-2H3/b20-9-,21-10-. The lowest BCUT2D eigenvalue weighted by Gasteiger charge is -2.23. The van der Waals surface area contributed by atoms with Gasteiger partial charge in [-0.2, -0.15) is 0 Å². The molecule has 0 aromatic heterocycles. The van der Waals surface area contributed by atoms with Crippen LogP contribution in [0.1, 0.15) is 6.92 Å². The molecular formula is C23H21Cl2N3O2S2. The number of rotatable bonds is 6. The summed E-state index contributed by atoms with van der Waals surface area (Å²) >= 11 is 19.2. The lowest BCUT2D eigenvalue weighted by molar-refractivity contribution is -0.122. The van der Waals surface area contributed by atoms with Gasteiger partial charge in [0.2, 0.25) is 0 Å². The number of thiocarbonyl (C=S) groups is 1. The Morgan fingerprint density at radius 2 is 1.75 bits per heavy atom. The number of hydrogen-bond acceptors (Lipinski definition) is 6. The molecular weight excluding hydrogens is 485 g/mol. The summed E-state index contributed by atoms with van der Waals surface area (Å²) in [5, 5.41) is 0.973. The Bertz CT molecular complexity index is 1120. The summed E-state index contributed by atoms with van der Waals surface area (Å²) in [6.45, 7) is 3.52. The van der Waals surface area contributed by atoms with Gasteiger partial charge in [-0.25, -0.2) is 0 Å². The maximum atomic E-state index is 12.6. The van der Waals surface area contributed by atoms with Crippen molar-refractivity contribution in [1.82, 2.24) is 4.90 Å². The zero-order valence-corrected chi connectivity index (χ0v) is 20.7. The third kappa shape index (κ3) is 4.48. The molecule has 9 heteroatoms. The van der Waals surface area contributed by atoms with Crippen LogP contribution in [0.5, 0.6) is 5.75 Å². The fourth-order valence-corrected chi connectivity index (χ4v) is 5.22. The number of benzene rings is 2. The molecule has 5 nitrogen and oxygen atoms in total. The summed E-state index contributed by atoms with van der Waals surface area (Å²) in [6.07, 6.45) is 3.74. The molecule has 0 N–H and O–H groups in total. The third-order valence-corrected chi connectivity index (χ3v) is 7.31. The van der Waals surface area contributed by atoms with E-state index in [0.29, 0.717) is 39.0 Å². The smallest absolute Gasteiger partial charge is 0.266 e. The van der Waals surface area contributed by atoms with Crippen molar-refractivity contribution in [2.75, 3.05) is 36.5 Å². The lowest BCUT2D eigenvalue weighted by atomic mass is 10.2. The van der Waals surface area contributed by atoms with E-state index >= 15 is 0 Å². The van der Waals surface area contributed by atoms with Gasteiger partial charge in [0.05, 0.1) is 32.9 Å². The number of carbonyl (C=O) groups excluding carboxylic acids is 1. The van der Waals surface area contributed by atoms with Crippen LogP contribution in [0.3, 0.4) is 0 Å². The zero-order chi connectivity index (χ0) is 22.8. The fourth-order valence-electron chi connectivity index (χ4n) is 3.58. The number of anilines is 2. The van der Waals surface area contributed by atoms with Crippen LogP contribution in [0.2, 0.25) is 10.0 Å². The Hall–Kier alpha value is -2.19. The molecule has 32 heavy (non-hydrogen) atoms. The number of hydrogen-bond donors (Lipinski definition) is 0. The maximum absolute atomic E-state index is 12.6. The highest BCUT2D eigenvalue weighted by molar-refractivity contribution is 8.26. The monoisotopic (exact) mass is 505 g/mol. The van der Waals surface area contributed by atoms with E-state index in [9.17, 15) is 4.79 Å². The van der Waals surface area contributed by atoms with Crippen LogP contribution in [-0.2, 0) is 4.79 Å². The maximum Gasteiger partial charge on any atom is 0.266 e. The van der Waals surface area contributed by atoms with Crippen LogP contribution in [0.25, 0.3) is 0 Å².